The van der Waals surface area contributed by atoms with Crippen molar-refractivity contribution in [1.29, 1.82) is 0 Å². The summed E-state index contributed by atoms with van der Waals surface area (Å²) in [6.45, 7) is 2.07. The van der Waals surface area contributed by atoms with E-state index in [1.165, 1.54) is 11.9 Å². The van der Waals surface area contributed by atoms with E-state index >= 15 is 0 Å². The molecule has 0 atom stereocenters. The predicted octanol–water partition coefficient (Wildman–Crippen LogP) is 2.90. The van der Waals surface area contributed by atoms with Crippen LogP contribution in [-0.4, -0.2) is 50.3 Å². The van der Waals surface area contributed by atoms with E-state index in [4.69, 9.17) is 0 Å². The number of alkyl halides is 3. The van der Waals surface area contributed by atoms with Gasteiger partial charge in [-0.05, 0) is 45.1 Å². The van der Waals surface area contributed by atoms with Crippen molar-refractivity contribution in [2.45, 2.75) is 26.1 Å². The zero-order chi connectivity index (χ0) is 18.9. The molecule has 1 rings (SSSR count). The van der Waals surface area contributed by atoms with Gasteiger partial charge in [-0.1, -0.05) is 0 Å². The molecule has 1 aromatic rings. The van der Waals surface area contributed by atoms with Crippen molar-refractivity contribution in [2.24, 2.45) is 4.99 Å². The highest BCUT2D eigenvalue weighted by molar-refractivity contribution is 5.79. The first-order chi connectivity index (χ1) is 11.7. The van der Waals surface area contributed by atoms with Crippen LogP contribution in [0.2, 0.25) is 0 Å². The van der Waals surface area contributed by atoms with Crippen LogP contribution in [0.5, 0.6) is 0 Å². The molecule has 0 saturated heterocycles. The van der Waals surface area contributed by atoms with E-state index < -0.39 is 24.4 Å². The van der Waals surface area contributed by atoms with Crippen molar-refractivity contribution in [3.05, 3.63) is 35.4 Å². The smallest absolute Gasteiger partial charge is 0.357 e. The van der Waals surface area contributed by atoms with Gasteiger partial charge in [-0.25, -0.2) is 13.8 Å². The van der Waals surface area contributed by atoms with E-state index in [9.17, 15) is 22.0 Å². The van der Waals surface area contributed by atoms with Crippen LogP contribution in [0.15, 0.2) is 23.2 Å². The van der Waals surface area contributed by atoms with E-state index in [2.05, 4.69) is 15.6 Å². The molecular weight excluding hydrogens is 343 g/mol. The van der Waals surface area contributed by atoms with Gasteiger partial charge in [-0.2, -0.15) is 13.2 Å². The van der Waals surface area contributed by atoms with Gasteiger partial charge in [0, 0.05) is 18.7 Å². The summed E-state index contributed by atoms with van der Waals surface area (Å²) in [6.07, 6.45) is -3.74. The lowest BCUT2D eigenvalue weighted by molar-refractivity contribution is -0.143. The third kappa shape index (κ3) is 9.23. The summed E-state index contributed by atoms with van der Waals surface area (Å²) in [5, 5.41) is 5.90. The maximum absolute atomic E-state index is 13.6. The Kier molecular flexibility index (Phi) is 8.60. The number of hydrogen-bond acceptors (Lipinski definition) is 2. The van der Waals surface area contributed by atoms with Crippen molar-refractivity contribution in [2.75, 3.05) is 33.2 Å². The molecule has 0 unspecified atom stereocenters. The zero-order valence-electron chi connectivity index (χ0n) is 14.3. The second-order valence-electron chi connectivity index (χ2n) is 5.56. The fourth-order valence-corrected chi connectivity index (χ4v) is 2.11. The number of rotatable bonds is 8. The summed E-state index contributed by atoms with van der Waals surface area (Å²) < 4.78 is 63.4. The van der Waals surface area contributed by atoms with Gasteiger partial charge >= 0.3 is 6.18 Å². The lowest BCUT2D eigenvalue weighted by Crippen LogP contribution is -2.39. The number of benzene rings is 1. The molecule has 1 aromatic carbocycles. The van der Waals surface area contributed by atoms with Crippen LogP contribution in [0.3, 0.4) is 0 Å². The van der Waals surface area contributed by atoms with Crippen molar-refractivity contribution in [1.82, 2.24) is 15.5 Å². The van der Waals surface area contributed by atoms with Crippen molar-refractivity contribution < 1.29 is 22.0 Å². The highest BCUT2D eigenvalue weighted by Gasteiger charge is 2.28. The molecule has 0 bridgehead atoms. The number of guanidine groups is 1. The standard InChI is InChI=1S/C16H23F5N4/c1-3-22-15(23-7-4-8-25(2)11-16(19,20)21)24-10-12-9-13(17)5-6-14(12)18/h5-6,9H,3-4,7-8,10-11H2,1-2H3,(H2,22,23,24). The molecule has 0 spiro atoms. The molecule has 4 nitrogen and oxygen atoms in total. The van der Waals surface area contributed by atoms with Crippen LogP contribution in [0.25, 0.3) is 0 Å². The Bertz CT molecular complexity index is 560. The highest BCUT2D eigenvalue weighted by atomic mass is 19.4. The third-order valence-corrected chi connectivity index (χ3v) is 3.22. The Morgan fingerprint density at radius 2 is 1.92 bits per heavy atom. The molecule has 0 aromatic heterocycles. The third-order valence-electron chi connectivity index (χ3n) is 3.22. The summed E-state index contributed by atoms with van der Waals surface area (Å²) >= 11 is 0. The normalized spacial score (nSPS) is 12.6. The van der Waals surface area contributed by atoms with Gasteiger partial charge in [0.1, 0.15) is 11.6 Å². The average molecular weight is 366 g/mol. The number of nitrogens with zero attached hydrogens (tertiary/aromatic N) is 2. The van der Waals surface area contributed by atoms with E-state index in [0.717, 1.165) is 18.2 Å². The molecule has 2 N–H and O–H groups in total. The van der Waals surface area contributed by atoms with Crippen LogP contribution in [-0.2, 0) is 6.54 Å². The number of aliphatic imine (C=N–C) groups is 1. The molecule has 0 aliphatic heterocycles. The van der Waals surface area contributed by atoms with Crippen LogP contribution in [0.1, 0.15) is 18.9 Å². The summed E-state index contributed by atoms with van der Waals surface area (Å²) in [5.41, 5.74) is 0.127. The monoisotopic (exact) mass is 366 g/mol. The molecule has 9 heteroatoms. The van der Waals surface area contributed by atoms with Gasteiger partial charge in [0.2, 0.25) is 0 Å². The second-order valence-corrected chi connectivity index (χ2v) is 5.56. The highest BCUT2D eigenvalue weighted by Crippen LogP contribution is 2.15. The predicted molar refractivity (Wildman–Crippen MR) is 87.3 cm³/mol. The summed E-state index contributed by atoms with van der Waals surface area (Å²) in [4.78, 5) is 5.34. The molecule has 0 aliphatic rings. The molecule has 0 amide bonds. The van der Waals surface area contributed by atoms with Crippen molar-refractivity contribution in [3.8, 4) is 0 Å². The van der Waals surface area contributed by atoms with Crippen molar-refractivity contribution >= 4 is 5.96 Å². The minimum Gasteiger partial charge on any atom is -0.357 e. The first-order valence-corrected chi connectivity index (χ1v) is 7.92. The molecule has 0 fully saturated rings. The van der Waals surface area contributed by atoms with Crippen LogP contribution in [0, 0.1) is 11.6 Å². The maximum atomic E-state index is 13.6. The maximum Gasteiger partial charge on any atom is 0.401 e. The quantitative estimate of drug-likeness (QED) is 0.322. The molecule has 142 valence electrons. The first kappa shape index (κ1) is 21.1. The van der Waals surface area contributed by atoms with E-state index in [-0.39, 0.29) is 18.7 Å². The number of hydrogen-bond donors (Lipinski definition) is 2. The Morgan fingerprint density at radius 3 is 2.56 bits per heavy atom. The van der Waals surface area contributed by atoms with Gasteiger partial charge in [0.05, 0.1) is 13.1 Å². The van der Waals surface area contributed by atoms with Crippen LogP contribution in [0.4, 0.5) is 22.0 Å². The Hall–Kier alpha value is -1.90. The van der Waals surface area contributed by atoms with Gasteiger partial charge in [-0.3, -0.25) is 4.90 Å². The fourth-order valence-electron chi connectivity index (χ4n) is 2.11. The SMILES string of the molecule is CCNC(=NCc1cc(F)ccc1F)NCCCN(C)CC(F)(F)F. The van der Waals surface area contributed by atoms with Gasteiger partial charge in [-0.15, -0.1) is 0 Å². The molecular formula is C16H23F5N4. The lowest BCUT2D eigenvalue weighted by atomic mass is 10.2. The summed E-state index contributed by atoms with van der Waals surface area (Å²) in [7, 11) is 1.40. The van der Waals surface area contributed by atoms with Gasteiger partial charge < -0.3 is 10.6 Å². The van der Waals surface area contributed by atoms with Gasteiger partial charge in [0.25, 0.3) is 0 Å². The van der Waals surface area contributed by atoms with E-state index in [1.54, 1.807) is 0 Å². The first-order valence-electron chi connectivity index (χ1n) is 7.92. The fraction of sp³-hybridized carbons (Fsp3) is 0.562. The van der Waals surface area contributed by atoms with E-state index in [1.807, 2.05) is 6.92 Å². The van der Waals surface area contributed by atoms with Crippen LogP contribution >= 0.6 is 0 Å². The number of halogens is 5. The Labute approximate surface area is 144 Å². The van der Waals surface area contributed by atoms with Gasteiger partial charge in [0.15, 0.2) is 5.96 Å². The summed E-state index contributed by atoms with van der Waals surface area (Å²) in [6, 6.07) is 3.15. The van der Waals surface area contributed by atoms with Crippen molar-refractivity contribution in [3.63, 3.8) is 0 Å². The minimum atomic E-state index is -4.21. The minimum absolute atomic E-state index is 0.0487. The number of nitrogens with one attached hydrogen (secondary N) is 2. The van der Waals surface area contributed by atoms with E-state index in [0.29, 0.717) is 25.5 Å². The lowest BCUT2D eigenvalue weighted by Gasteiger charge is -2.19. The largest absolute Gasteiger partial charge is 0.401 e. The average Bonchev–Trinajstić information content (AvgIpc) is 2.50. The molecule has 25 heavy (non-hydrogen) atoms. The van der Waals surface area contributed by atoms with Crippen LogP contribution < -0.4 is 10.6 Å². The molecule has 0 aliphatic carbocycles. The zero-order valence-corrected chi connectivity index (χ0v) is 14.3. The Morgan fingerprint density at radius 1 is 1.20 bits per heavy atom. The second kappa shape index (κ2) is 10.2. The molecule has 0 radical (unpaired) electrons. The Balaban J connectivity index is 2.47. The molecule has 0 saturated carbocycles. The molecule has 0 heterocycles. The topological polar surface area (TPSA) is 39.7 Å². The summed E-state index contributed by atoms with van der Waals surface area (Å²) in [5.74, 6) is -0.698.